The van der Waals surface area contributed by atoms with E-state index < -0.39 is 11.3 Å². The third-order valence-electron chi connectivity index (χ3n) is 1.63. The standard InChI is InChI=1S/C10H10ClNO3/c1-2-15-10(14)12-8-5-3-7(4-6-8)9(11)13/h3-6H,2H2,1H3,(H,12,14). The molecule has 0 bridgehead atoms. The second-order valence-corrected chi connectivity index (χ2v) is 3.04. The van der Waals surface area contributed by atoms with Gasteiger partial charge in [0.05, 0.1) is 6.61 Å². The number of carbonyl (C=O) groups is 2. The van der Waals surface area contributed by atoms with Gasteiger partial charge in [-0.2, -0.15) is 0 Å². The van der Waals surface area contributed by atoms with Gasteiger partial charge in [0.15, 0.2) is 0 Å². The third-order valence-corrected chi connectivity index (χ3v) is 1.85. The Balaban J connectivity index is 2.64. The topological polar surface area (TPSA) is 55.4 Å². The summed E-state index contributed by atoms with van der Waals surface area (Å²) in [5.41, 5.74) is 0.932. The van der Waals surface area contributed by atoms with E-state index in [0.29, 0.717) is 17.9 Å². The highest BCUT2D eigenvalue weighted by Gasteiger charge is 2.03. The lowest BCUT2D eigenvalue weighted by molar-refractivity contribution is 0.108. The summed E-state index contributed by atoms with van der Waals surface area (Å²) in [6, 6.07) is 6.20. The van der Waals surface area contributed by atoms with E-state index in [4.69, 9.17) is 11.6 Å². The van der Waals surface area contributed by atoms with Crippen LogP contribution in [0.25, 0.3) is 0 Å². The average Bonchev–Trinajstić information content (AvgIpc) is 2.18. The Morgan fingerprint density at radius 2 is 1.93 bits per heavy atom. The van der Waals surface area contributed by atoms with Gasteiger partial charge in [-0.3, -0.25) is 10.1 Å². The second kappa shape index (κ2) is 5.36. The summed E-state index contributed by atoms with van der Waals surface area (Å²) in [4.78, 5) is 21.7. The lowest BCUT2D eigenvalue weighted by Crippen LogP contribution is -2.13. The molecule has 80 valence electrons. The van der Waals surface area contributed by atoms with Gasteiger partial charge in [0.1, 0.15) is 0 Å². The molecule has 0 fully saturated rings. The molecule has 1 amide bonds. The van der Waals surface area contributed by atoms with E-state index in [1.54, 1.807) is 19.1 Å². The number of hydrogen-bond acceptors (Lipinski definition) is 3. The predicted molar refractivity (Wildman–Crippen MR) is 57.3 cm³/mol. The van der Waals surface area contributed by atoms with Gasteiger partial charge < -0.3 is 4.74 Å². The molecule has 0 aliphatic carbocycles. The van der Waals surface area contributed by atoms with Crippen LogP contribution in [0, 0.1) is 0 Å². The molecule has 5 heteroatoms. The van der Waals surface area contributed by atoms with Crippen LogP contribution in [0.2, 0.25) is 0 Å². The van der Waals surface area contributed by atoms with Gasteiger partial charge in [-0.05, 0) is 42.8 Å². The van der Waals surface area contributed by atoms with Crippen molar-refractivity contribution in [2.75, 3.05) is 11.9 Å². The fraction of sp³-hybridized carbons (Fsp3) is 0.200. The number of hydrogen-bond donors (Lipinski definition) is 1. The van der Waals surface area contributed by atoms with Crippen molar-refractivity contribution in [2.45, 2.75) is 6.92 Å². The second-order valence-electron chi connectivity index (χ2n) is 2.70. The Kier molecular flexibility index (Phi) is 4.12. The van der Waals surface area contributed by atoms with Crippen LogP contribution in [0.3, 0.4) is 0 Å². The highest BCUT2D eigenvalue weighted by molar-refractivity contribution is 6.67. The lowest BCUT2D eigenvalue weighted by atomic mass is 10.2. The molecule has 0 saturated carbocycles. The van der Waals surface area contributed by atoms with Crippen LogP contribution in [0.5, 0.6) is 0 Å². The van der Waals surface area contributed by atoms with Gasteiger partial charge in [0, 0.05) is 11.3 Å². The van der Waals surface area contributed by atoms with Crippen molar-refractivity contribution in [3.05, 3.63) is 29.8 Å². The average molecular weight is 228 g/mol. The Bertz CT molecular complexity index is 361. The first-order chi connectivity index (χ1) is 7.13. The molecule has 0 heterocycles. The van der Waals surface area contributed by atoms with Crippen molar-refractivity contribution in [1.82, 2.24) is 0 Å². The minimum Gasteiger partial charge on any atom is -0.450 e. The van der Waals surface area contributed by atoms with Crippen molar-refractivity contribution < 1.29 is 14.3 Å². The maximum atomic E-state index is 11.0. The molecule has 1 rings (SSSR count). The third kappa shape index (κ3) is 3.59. The van der Waals surface area contributed by atoms with E-state index in [0.717, 1.165) is 0 Å². The summed E-state index contributed by atoms with van der Waals surface area (Å²) in [7, 11) is 0. The Labute approximate surface area is 92.2 Å². The Morgan fingerprint density at radius 1 is 1.33 bits per heavy atom. The molecule has 0 saturated heterocycles. The SMILES string of the molecule is CCOC(=O)Nc1ccc(C(=O)Cl)cc1. The first-order valence-corrected chi connectivity index (χ1v) is 4.75. The molecule has 0 radical (unpaired) electrons. The number of benzene rings is 1. The van der Waals surface area contributed by atoms with E-state index in [1.165, 1.54) is 12.1 Å². The smallest absolute Gasteiger partial charge is 0.411 e. The quantitative estimate of drug-likeness (QED) is 0.808. The van der Waals surface area contributed by atoms with Gasteiger partial charge in [0.2, 0.25) is 0 Å². The van der Waals surface area contributed by atoms with E-state index in [2.05, 4.69) is 10.1 Å². The van der Waals surface area contributed by atoms with Gasteiger partial charge in [-0.15, -0.1) is 0 Å². The van der Waals surface area contributed by atoms with Gasteiger partial charge in [0.25, 0.3) is 5.24 Å². The summed E-state index contributed by atoms with van der Waals surface area (Å²) in [5, 5.41) is 1.96. The first kappa shape index (κ1) is 11.5. The molecule has 4 nitrogen and oxygen atoms in total. The van der Waals surface area contributed by atoms with Gasteiger partial charge >= 0.3 is 6.09 Å². The Hall–Kier alpha value is -1.55. The zero-order valence-corrected chi connectivity index (χ0v) is 8.88. The molecular formula is C10H10ClNO3. The number of anilines is 1. The number of rotatable bonds is 3. The predicted octanol–water partition coefficient (Wildman–Crippen LogP) is 2.63. The van der Waals surface area contributed by atoms with E-state index in [1.807, 2.05) is 0 Å². The molecule has 1 aromatic carbocycles. The van der Waals surface area contributed by atoms with E-state index >= 15 is 0 Å². The van der Waals surface area contributed by atoms with Crippen LogP contribution in [0.4, 0.5) is 10.5 Å². The van der Waals surface area contributed by atoms with Crippen molar-refractivity contribution in [2.24, 2.45) is 0 Å². The zero-order chi connectivity index (χ0) is 11.3. The maximum absolute atomic E-state index is 11.0. The number of carbonyl (C=O) groups excluding carboxylic acids is 2. The van der Waals surface area contributed by atoms with Crippen LogP contribution < -0.4 is 5.32 Å². The van der Waals surface area contributed by atoms with Crippen LogP contribution >= 0.6 is 11.6 Å². The Morgan fingerprint density at radius 3 is 2.40 bits per heavy atom. The summed E-state index contributed by atoms with van der Waals surface area (Å²) < 4.78 is 4.68. The highest BCUT2D eigenvalue weighted by Crippen LogP contribution is 2.11. The molecule has 0 aliphatic rings. The number of amides is 1. The number of ether oxygens (including phenoxy) is 1. The number of nitrogens with one attached hydrogen (secondary N) is 1. The fourth-order valence-electron chi connectivity index (χ4n) is 0.970. The van der Waals surface area contributed by atoms with Crippen molar-refractivity contribution in [1.29, 1.82) is 0 Å². The van der Waals surface area contributed by atoms with Crippen LogP contribution in [-0.4, -0.2) is 17.9 Å². The molecular weight excluding hydrogens is 218 g/mol. The first-order valence-electron chi connectivity index (χ1n) is 4.37. The number of halogens is 1. The monoisotopic (exact) mass is 227 g/mol. The molecule has 1 aromatic rings. The fourth-order valence-corrected chi connectivity index (χ4v) is 1.10. The zero-order valence-electron chi connectivity index (χ0n) is 8.12. The largest absolute Gasteiger partial charge is 0.450 e. The molecule has 0 aromatic heterocycles. The normalized spacial score (nSPS) is 9.47. The van der Waals surface area contributed by atoms with E-state index in [-0.39, 0.29) is 0 Å². The summed E-state index contributed by atoms with van der Waals surface area (Å²) >= 11 is 5.26. The highest BCUT2D eigenvalue weighted by atomic mass is 35.5. The molecule has 15 heavy (non-hydrogen) atoms. The van der Waals surface area contributed by atoms with Crippen LogP contribution in [-0.2, 0) is 4.74 Å². The molecule has 0 spiro atoms. The molecule has 0 atom stereocenters. The minimum atomic E-state index is -0.530. The molecule has 0 aliphatic heterocycles. The van der Waals surface area contributed by atoms with Crippen molar-refractivity contribution in [3.8, 4) is 0 Å². The summed E-state index contributed by atoms with van der Waals surface area (Å²) in [6.45, 7) is 2.03. The lowest BCUT2D eigenvalue weighted by Gasteiger charge is -2.04. The van der Waals surface area contributed by atoms with Crippen LogP contribution in [0.1, 0.15) is 17.3 Å². The van der Waals surface area contributed by atoms with Crippen LogP contribution in [0.15, 0.2) is 24.3 Å². The van der Waals surface area contributed by atoms with E-state index in [9.17, 15) is 9.59 Å². The summed E-state index contributed by atoms with van der Waals surface area (Å²) in [6.07, 6.45) is -0.526. The summed E-state index contributed by atoms with van der Waals surface area (Å²) in [5.74, 6) is 0. The van der Waals surface area contributed by atoms with Crippen molar-refractivity contribution in [3.63, 3.8) is 0 Å². The molecule has 1 N–H and O–H groups in total. The molecule has 0 unspecified atom stereocenters. The van der Waals surface area contributed by atoms with Crippen molar-refractivity contribution >= 4 is 28.6 Å². The maximum Gasteiger partial charge on any atom is 0.411 e. The minimum absolute atomic E-state index is 0.310. The van der Waals surface area contributed by atoms with Gasteiger partial charge in [-0.1, -0.05) is 0 Å². The van der Waals surface area contributed by atoms with Gasteiger partial charge in [-0.25, -0.2) is 4.79 Å².